The van der Waals surface area contributed by atoms with Crippen LogP contribution in [0.15, 0.2) is 29.3 Å². The van der Waals surface area contributed by atoms with Crippen LogP contribution in [-0.2, 0) is 9.13 Å². The number of benzene rings is 1. The predicted molar refractivity (Wildman–Crippen MR) is 72.8 cm³/mol. The lowest BCUT2D eigenvalue weighted by atomic mass is 10.2. The highest BCUT2D eigenvalue weighted by Crippen LogP contribution is 2.64. The first kappa shape index (κ1) is 16.1. The van der Waals surface area contributed by atoms with E-state index in [2.05, 4.69) is 0 Å². The Morgan fingerprint density at radius 2 is 1.42 bits per heavy atom. The van der Waals surface area contributed by atoms with Crippen LogP contribution in [0.25, 0.3) is 6.08 Å². The van der Waals surface area contributed by atoms with E-state index in [1.165, 1.54) is 12.1 Å². The lowest BCUT2D eigenvalue weighted by Gasteiger charge is -2.13. The molecule has 0 unspecified atom stereocenters. The number of nitrogens with zero attached hydrogens (tertiary/aromatic N) is 1. The first-order valence-electron chi connectivity index (χ1n) is 5.13. The molecule has 0 aliphatic rings. The van der Waals surface area contributed by atoms with Crippen LogP contribution in [0.3, 0.4) is 0 Å². The topological polar surface area (TPSA) is 118 Å². The minimum atomic E-state index is -5.01. The fourth-order valence-electron chi connectivity index (χ4n) is 1.36. The van der Waals surface area contributed by atoms with Crippen molar-refractivity contribution in [3.63, 3.8) is 0 Å². The summed E-state index contributed by atoms with van der Waals surface area (Å²) in [5.41, 5.74) is 1.15. The van der Waals surface area contributed by atoms with Gasteiger partial charge in [-0.25, -0.2) is 0 Å². The fourth-order valence-corrected chi connectivity index (χ4v) is 3.35. The minimum absolute atomic E-state index is 0.298. The van der Waals surface area contributed by atoms with Crippen molar-refractivity contribution in [2.24, 2.45) is 0 Å². The SMILES string of the molecule is CN(C)c1ccc(C=C(P(=O)(O)O)P(=O)(O)O)cc1. The third-order valence-electron chi connectivity index (χ3n) is 2.30. The zero-order valence-electron chi connectivity index (χ0n) is 10.3. The third-order valence-corrected chi connectivity index (χ3v) is 5.32. The Bertz CT molecular complexity index is 544. The average Bonchev–Trinajstić information content (AvgIpc) is 2.23. The maximum atomic E-state index is 11.1. The maximum absolute atomic E-state index is 11.1. The van der Waals surface area contributed by atoms with Gasteiger partial charge < -0.3 is 24.5 Å². The van der Waals surface area contributed by atoms with Crippen LogP contribution < -0.4 is 4.90 Å². The molecular formula is C10H15NO6P2. The molecule has 1 aromatic carbocycles. The molecule has 4 N–H and O–H groups in total. The van der Waals surface area contributed by atoms with Crippen molar-refractivity contribution >= 4 is 27.0 Å². The smallest absolute Gasteiger partial charge is 0.364 e. The molecule has 7 nitrogen and oxygen atoms in total. The molecule has 19 heavy (non-hydrogen) atoms. The molecule has 106 valence electrons. The van der Waals surface area contributed by atoms with Crippen molar-refractivity contribution in [3.05, 3.63) is 34.9 Å². The number of hydrogen-bond acceptors (Lipinski definition) is 3. The van der Waals surface area contributed by atoms with Crippen LogP contribution in [0, 0.1) is 0 Å². The molecule has 0 fully saturated rings. The van der Waals surface area contributed by atoms with Gasteiger partial charge in [-0.15, -0.1) is 0 Å². The minimum Gasteiger partial charge on any atom is -0.378 e. The van der Waals surface area contributed by atoms with Gasteiger partial charge in [-0.2, -0.15) is 0 Å². The molecule has 0 amide bonds. The molecule has 0 saturated heterocycles. The summed E-state index contributed by atoms with van der Waals surface area (Å²) in [6, 6.07) is 6.37. The van der Waals surface area contributed by atoms with Crippen LogP contribution in [-0.4, -0.2) is 33.7 Å². The van der Waals surface area contributed by atoms with Crippen molar-refractivity contribution in [1.82, 2.24) is 0 Å². The second kappa shape index (κ2) is 5.59. The van der Waals surface area contributed by atoms with Crippen LogP contribution in [0.1, 0.15) is 5.56 Å². The van der Waals surface area contributed by atoms with Gasteiger partial charge in [0, 0.05) is 19.8 Å². The van der Waals surface area contributed by atoms with E-state index in [0.29, 0.717) is 5.56 Å². The standard InChI is InChI=1S/C10H15NO6P2/c1-11(2)9-5-3-8(4-6-9)7-10(18(12,13)14)19(15,16)17/h3-7H,1-2H3,(H2,12,13,14)(H2,15,16,17). The Labute approximate surface area is 110 Å². The Morgan fingerprint density at radius 3 is 1.74 bits per heavy atom. The van der Waals surface area contributed by atoms with E-state index in [1.54, 1.807) is 12.1 Å². The number of hydrogen-bond donors (Lipinski definition) is 4. The molecule has 0 aromatic heterocycles. The summed E-state index contributed by atoms with van der Waals surface area (Å²) >= 11 is 0. The lowest BCUT2D eigenvalue weighted by Crippen LogP contribution is -2.07. The van der Waals surface area contributed by atoms with Gasteiger partial charge in [0.15, 0.2) is 5.06 Å². The first-order valence-corrected chi connectivity index (χ1v) is 8.35. The van der Waals surface area contributed by atoms with Gasteiger partial charge in [-0.1, -0.05) is 12.1 Å². The normalized spacial score (nSPS) is 12.1. The van der Waals surface area contributed by atoms with Crippen molar-refractivity contribution in [2.45, 2.75) is 0 Å². The summed E-state index contributed by atoms with van der Waals surface area (Å²) in [5.74, 6) is 0. The summed E-state index contributed by atoms with van der Waals surface area (Å²) in [6.07, 6.45) is 0.820. The van der Waals surface area contributed by atoms with E-state index in [4.69, 9.17) is 19.6 Å². The van der Waals surface area contributed by atoms with Gasteiger partial charge in [-0.05, 0) is 23.8 Å². The second-order valence-corrected chi connectivity index (χ2v) is 7.57. The summed E-state index contributed by atoms with van der Waals surface area (Å²) < 4.78 is 22.2. The van der Waals surface area contributed by atoms with Crippen molar-refractivity contribution < 1.29 is 28.7 Å². The molecule has 9 heteroatoms. The van der Waals surface area contributed by atoms with Gasteiger partial charge in [-0.3, -0.25) is 9.13 Å². The summed E-state index contributed by atoms with van der Waals surface area (Å²) in [4.78, 5) is 37.7. The van der Waals surface area contributed by atoms with E-state index < -0.39 is 20.2 Å². The first-order chi connectivity index (χ1) is 8.51. The summed E-state index contributed by atoms with van der Waals surface area (Å²) in [6.45, 7) is 0. The van der Waals surface area contributed by atoms with E-state index >= 15 is 0 Å². The Morgan fingerprint density at radius 1 is 1.00 bits per heavy atom. The number of anilines is 1. The van der Waals surface area contributed by atoms with Gasteiger partial charge >= 0.3 is 15.2 Å². The molecule has 0 aliphatic carbocycles. The van der Waals surface area contributed by atoms with Gasteiger partial charge in [0.2, 0.25) is 0 Å². The average molecular weight is 307 g/mol. The number of rotatable bonds is 4. The summed E-state index contributed by atoms with van der Waals surface area (Å²) in [7, 11) is -6.37. The van der Waals surface area contributed by atoms with E-state index in [9.17, 15) is 9.13 Å². The maximum Gasteiger partial charge on any atom is 0.364 e. The second-order valence-electron chi connectivity index (χ2n) is 4.08. The third kappa shape index (κ3) is 4.58. The largest absolute Gasteiger partial charge is 0.378 e. The molecular weight excluding hydrogens is 292 g/mol. The Kier molecular flexibility index (Phi) is 4.74. The molecule has 0 spiro atoms. The molecule has 0 aliphatic heterocycles. The van der Waals surface area contributed by atoms with Crippen molar-refractivity contribution in [1.29, 1.82) is 0 Å². The van der Waals surface area contributed by atoms with Gasteiger partial charge in [0.05, 0.1) is 0 Å². The molecule has 1 rings (SSSR count). The van der Waals surface area contributed by atoms with Crippen molar-refractivity contribution in [3.8, 4) is 0 Å². The highest BCUT2D eigenvalue weighted by molar-refractivity contribution is 7.77. The van der Waals surface area contributed by atoms with Crippen LogP contribution in [0.5, 0.6) is 0 Å². The Hall–Kier alpha value is -0.940. The van der Waals surface area contributed by atoms with Crippen LogP contribution >= 0.6 is 15.2 Å². The Balaban J connectivity index is 3.24. The van der Waals surface area contributed by atoms with E-state index in [1.807, 2.05) is 19.0 Å². The zero-order valence-corrected chi connectivity index (χ0v) is 12.1. The molecule has 0 saturated carbocycles. The van der Waals surface area contributed by atoms with E-state index in [0.717, 1.165) is 11.8 Å². The highest BCUT2D eigenvalue weighted by atomic mass is 31.2. The van der Waals surface area contributed by atoms with Crippen molar-refractivity contribution in [2.75, 3.05) is 19.0 Å². The van der Waals surface area contributed by atoms with Crippen LogP contribution in [0.2, 0.25) is 0 Å². The lowest BCUT2D eigenvalue weighted by molar-refractivity contribution is 0.368. The molecule has 0 radical (unpaired) electrons. The fraction of sp³-hybridized carbons (Fsp3) is 0.200. The van der Waals surface area contributed by atoms with Gasteiger partial charge in [0.25, 0.3) is 0 Å². The zero-order chi connectivity index (χ0) is 14.8. The quantitative estimate of drug-likeness (QED) is 0.621. The molecule has 0 heterocycles. The predicted octanol–water partition coefficient (Wildman–Crippen LogP) is 1.41. The summed E-state index contributed by atoms with van der Waals surface area (Å²) in [5, 5.41) is -1.18. The molecule has 0 atom stereocenters. The van der Waals surface area contributed by atoms with E-state index in [-0.39, 0.29) is 0 Å². The highest BCUT2D eigenvalue weighted by Gasteiger charge is 2.35. The van der Waals surface area contributed by atoms with Crippen LogP contribution in [0.4, 0.5) is 5.69 Å². The monoisotopic (exact) mass is 307 g/mol. The van der Waals surface area contributed by atoms with Gasteiger partial charge in [0.1, 0.15) is 0 Å². The molecule has 1 aromatic rings. The molecule has 0 bridgehead atoms.